The number of amides is 2. The van der Waals surface area contributed by atoms with Crippen LogP contribution in [0.5, 0.6) is 0 Å². The van der Waals surface area contributed by atoms with Gasteiger partial charge in [0.15, 0.2) is 0 Å². The molecule has 2 rings (SSSR count). The summed E-state index contributed by atoms with van der Waals surface area (Å²) < 4.78 is 5.31. The van der Waals surface area contributed by atoms with E-state index >= 15 is 0 Å². The van der Waals surface area contributed by atoms with Gasteiger partial charge in [-0.2, -0.15) is 0 Å². The Bertz CT molecular complexity index is 974. The van der Waals surface area contributed by atoms with Crippen molar-refractivity contribution in [1.29, 1.82) is 0 Å². The second-order valence-corrected chi connectivity index (χ2v) is 7.66. The van der Waals surface area contributed by atoms with E-state index in [2.05, 4.69) is 23.8 Å². The predicted molar refractivity (Wildman–Crippen MR) is 126 cm³/mol. The lowest BCUT2D eigenvalue weighted by Crippen LogP contribution is -2.44. The SMILES string of the molecule is C=CC[C@H](NC(=O)OCc1ccccc1)c1cccc(C[C@@H](NC(=O)[C@H](C)C=C)C(=O)O)c1. The second-order valence-electron chi connectivity index (χ2n) is 7.66. The molecule has 0 aliphatic carbocycles. The lowest BCUT2D eigenvalue weighted by atomic mass is 9.98. The van der Waals surface area contributed by atoms with Crippen molar-refractivity contribution in [3.8, 4) is 0 Å². The first-order valence-electron chi connectivity index (χ1n) is 10.7. The molecule has 174 valence electrons. The van der Waals surface area contributed by atoms with E-state index in [0.29, 0.717) is 12.0 Å². The van der Waals surface area contributed by atoms with Crippen molar-refractivity contribution in [3.05, 3.63) is 96.6 Å². The van der Waals surface area contributed by atoms with Crippen LogP contribution < -0.4 is 10.6 Å². The van der Waals surface area contributed by atoms with Crippen molar-refractivity contribution >= 4 is 18.0 Å². The third-order valence-electron chi connectivity index (χ3n) is 5.08. The highest BCUT2D eigenvalue weighted by atomic mass is 16.5. The molecule has 0 saturated heterocycles. The molecule has 0 aliphatic rings. The second kappa shape index (κ2) is 12.9. The maximum Gasteiger partial charge on any atom is 0.407 e. The van der Waals surface area contributed by atoms with Gasteiger partial charge in [0.05, 0.1) is 12.0 Å². The fourth-order valence-corrected chi connectivity index (χ4v) is 3.13. The first kappa shape index (κ1) is 25.4. The van der Waals surface area contributed by atoms with Crippen molar-refractivity contribution in [2.75, 3.05) is 0 Å². The first-order chi connectivity index (χ1) is 15.8. The number of carbonyl (C=O) groups is 3. The first-order valence-corrected chi connectivity index (χ1v) is 10.7. The Kier molecular flexibility index (Phi) is 9.89. The highest BCUT2D eigenvalue weighted by Gasteiger charge is 2.23. The van der Waals surface area contributed by atoms with Gasteiger partial charge in [0.1, 0.15) is 12.6 Å². The van der Waals surface area contributed by atoms with Gasteiger partial charge in [-0.1, -0.05) is 73.7 Å². The number of carboxylic acids is 1. The number of benzene rings is 2. The van der Waals surface area contributed by atoms with Gasteiger partial charge in [-0.3, -0.25) is 4.79 Å². The van der Waals surface area contributed by atoms with Crippen LogP contribution in [-0.2, 0) is 27.4 Å². The standard InChI is InChI=1S/C26H30N2O5/c1-4-10-22(28-26(32)33-17-19-11-7-6-8-12-19)21-14-9-13-20(15-21)16-23(25(30)31)27-24(29)18(3)5-2/h4-9,11-15,18,22-23H,1-2,10,16-17H2,3H3,(H,27,29)(H,28,32)(H,30,31)/t18-,22+,23-/m1/s1. The zero-order valence-corrected chi connectivity index (χ0v) is 18.7. The Balaban J connectivity index is 2.08. The van der Waals surface area contributed by atoms with E-state index in [-0.39, 0.29) is 13.0 Å². The summed E-state index contributed by atoms with van der Waals surface area (Å²) in [6, 6.07) is 15.1. The average molecular weight is 451 g/mol. The predicted octanol–water partition coefficient (Wildman–Crippen LogP) is 4.16. The van der Waals surface area contributed by atoms with Crippen molar-refractivity contribution in [2.24, 2.45) is 5.92 Å². The number of carboxylic acid groups (broad SMARTS) is 1. The molecule has 33 heavy (non-hydrogen) atoms. The number of ether oxygens (including phenoxy) is 1. The topological polar surface area (TPSA) is 105 Å². The van der Waals surface area contributed by atoms with Crippen LogP contribution in [0, 0.1) is 5.92 Å². The van der Waals surface area contributed by atoms with E-state index in [0.717, 1.165) is 11.1 Å². The molecular formula is C26H30N2O5. The molecular weight excluding hydrogens is 420 g/mol. The molecule has 2 aromatic carbocycles. The molecule has 0 radical (unpaired) electrons. The molecule has 0 unspecified atom stereocenters. The molecule has 0 aliphatic heterocycles. The van der Waals surface area contributed by atoms with Gasteiger partial charge in [0.25, 0.3) is 0 Å². The molecule has 0 bridgehead atoms. The Morgan fingerprint density at radius 2 is 1.73 bits per heavy atom. The van der Waals surface area contributed by atoms with E-state index in [1.165, 1.54) is 6.08 Å². The van der Waals surface area contributed by atoms with E-state index in [9.17, 15) is 19.5 Å². The third kappa shape index (κ3) is 8.29. The van der Waals surface area contributed by atoms with Crippen LogP contribution in [0.3, 0.4) is 0 Å². The number of nitrogens with one attached hydrogen (secondary N) is 2. The summed E-state index contributed by atoms with van der Waals surface area (Å²) in [5, 5.41) is 14.9. The lowest BCUT2D eigenvalue weighted by Gasteiger charge is -2.20. The van der Waals surface area contributed by atoms with E-state index in [1.807, 2.05) is 42.5 Å². The van der Waals surface area contributed by atoms with Gasteiger partial charge in [0, 0.05) is 6.42 Å². The molecule has 0 saturated carbocycles. The maximum atomic E-state index is 12.3. The van der Waals surface area contributed by atoms with Crippen molar-refractivity contribution < 1.29 is 24.2 Å². The molecule has 2 aromatic rings. The quantitative estimate of drug-likeness (QED) is 0.421. The van der Waals surface area contributed by atoms with Crippen LogP contribution in [0.4, 0.5) is 4.79 Å². The third-order valence-corrected chi connectivity index (χ3v) is 5.08. The minimum Gasteiger partial charge on any atom is -0.480 e. The zero-order chi connectivity index (χ0) is 24.2. The molecule has 0 aromatic heterocycles. The number of hydrogen-bond donors (Lipinski definition) is 3. The van der Waals surface area contributed by atoms with Crippen molar-refractivity contribution in [2.45, 2.75) is 38.5 Å². The smallest absolute Gasteiger partial charge is 0.407 e. The van der Waals surface area contributed by atoms with Crippen LogP contribution in [0.15, 0.2) is 79.9 Å². The van der Waals surface area contributed by atoms with Gasteiger partial charge in [-0.25, -0.2) is 9.59 Å². The summed E-state index contributed by atoms with van der Waals surface area (Å²) in [6.07, 6.45) is 3.13. The summed E-state index contributed by atoms with van der Waals surface area (Å²) >= 11 is 0. The number of rotatable bonds is 12. The van der Waals surface area contributed by atoms with E-state index in [4.69, 9.17) is 4.74 Å². The largest absolute Gasteiger partial charge is 0.480 e. The zero-order valence-electron chi connectivity index (χ0n) is 18.7. The molecule has 0 spiro atoms. The average Bonchev–Trinajstić information content (AvgIpc) is 2.82. The maximum absolute atomic E-state index is 12.3. The summed E-state index contributed by atoms with van der Waals surface area (Å²) in [4.78, 5) is 36.1. The van der Waals surface area contributed by atoms with Crippen LogP contribution in [-0.4, -0.2) is 29.1 Å². The normalized spacial score (nSPS) is 13.1. The van der Waals surface area contributed by atoms with Gasteiger partial charge in [-0.15, -0.1) is 13.2 Å². The molecule has 3 N–H and O–H groups in total. The molecule has 3 atom stereocenters. The minimum absolute atomic E-state index is 0.0953. The molecule has 2 amide bonds. The summed E-state index contributed by atoms with van der Waals surface area (Å²) in [6.45, 7) is 9.10. The fourth-order valence-electron chi connectivity index (χ4n) is 3.13. The summed E-state index contributed by atoms with van der Waals surface area (Å²) in [5.41, 5.74) is 2.36. The van der Waals surface area contributed by atoms with Crippen LogP contribution >= 0.6 is 0 Å². The van der Waals surface area contributed by atoms with Gasteiger partial charge in [0.2, 0.25) is 5.91 Å². The lowest BCUT2D eigenvalue weighted by molar-refractivity contribution is -0.142. The minimum atomic E-state index is -1.13. The van der Waals surface area contributed by atoms with Crippen molar-refractivity contribution in [1.82, 2.24) is 10.6 Å². The van der Waals surface area contributed by atoms with Crippen LogP contribution in [0.2, 0.25) is 0 Å². The van der Waals surface area contributed by atoms with Gasteiger partial charge in [-0.05, 0) is 23.1 Å². The van der Waals surface area contributed by atoms with Gasteiger partial charge >= 0.3 is 12.1 Å². The number of alkyl carbamates (subject to hydrolysis) is 1. The Labute approximate surface area is 194 Å². The summed E-state index contributed by atoms with van der Waals surface area (Å²) in [7, 11) is 0. The summed E-state index contributed by atoms with van der Waals surface area (Å²) in [5.74, 6) is -2.03. The molecule has 7 heteroatoms. The Morgan fingerprint density at radius 1 is 1.03 bits per heavy atom. The highest BCUT2D eigenvalue weighted by Crippen LogP contribution is 2.20. The van der Waals surface area contributed by atoms with Crippen LogP contribution in [0.25, 0.3) is 0 Å². The number of carbonyl (C=O) groups excluding carboxylic acids is 2. The van der Waals surface area contributed by atoms with Gasteiger partial charge < -0.3 is 20.5 Å². The van der Waals surface area contributed by atoms with Crippen LogP contribution in [0.1, 0.15) is 36.1 Å². The van der Waals surface area contributed by atoms with E-state index < -0.39 is 36.0 Å². The monoisotopic (exact) mass is 450 g/mol. The molecule has 0 fully saturated rings. The number of hydrogen-bond acceptors (Lipinski definition) is 4. The number of aliphatic carboxylic acids is 1. The fraction of sp³-hybridized carbons (Fsp3) is 0.269. The van der Waals surface area contributed by atoms with Crippen molar-refractivity contribution in [3.63, 3.8) is 0 Å². The Hall–Kier alpha value is -3.87. The molecule has 0 heterocycles. The Morgan fingerprint density at radius 3 is 2.36 bits per heavy atom. The molecule has 7 nitrogen and oxygen atoms in total. The van der Waals surface area contributed by atoms with E-state index in [1.54, 1.807) is 25.1 Å². The highest BCUT2D eigenvalue weighted by molar-refractivity contribution is 5.85.